The van der Waals surface area contributed by atoms with Crippen molar-refractivity contribution in [3.63, 3.8) is 0 Å². The van der Waals surface area contributed by atoms with E-state index in [4.69, 9.17) is 15.0 Å². The summed E-state index contributed by atoms with van der Waals surface area (Å²) in [5.41, 5.74) is 8.88. The van der Waals surface area contributed by atoms with E-state index in [2.05, 4.69) is 108 Å². The fraction of sp³-hybridized carbons (Fsp3) is 0.364. The van der Waals surface area contributed by atoms with Crippen LogP contribution in [0.1, 0.15) is 86.9 Å². The zero-order valence-electron chi connectivity index (χ0n) is 23.1. The van der Waals surface area contributed by atoms with E-state index < -0.39 is 0 Å². The van der Waals surface area contributed by atoms with Crippen molar-refractivity contribution in [1.29, 1.82) is 0 Å². The van der Waals surface area contributed by atoms with E-state index in [1.54, 1.807) is 0 Å². The number of benzene rings is 2. The van der Waals surface area contributed by atoms with Gasteiger partial charge in [0.1, 0.15) is 10.7 Å². The van der Waals surface area contributed by atoms with Gasteiger partial charge in [-0.15, -0.1) is 23.5 Å². The number of pyridine rings is 1. The summed E-state index contributed by atoms with van der Waals surface area (Å²) in [5, 5.41) is 1.10. The Balaban J connectivity index is 1.43. The molecule has 2 aliphatic rings. The Morgan fingerprint density at radius 3 is 2.11 bits per heavy atom. The molecule has 2 unspecified atom stereocenters. The molecule has 194 valence electrons. The predicted molar refractivity (Wildman–Crippen MR) is 160 cm³/mol. The van der Waals surface area contributed by atoms with Crippen LogP contribution in [0.4, 0.5) is 0 Å². The van der Waals surface area contributed by atoms with Gasteiger partial charge in [0.25, 0.3) is 0 Å². The number of hydrogen-bond donors (Lipinski definition) is 0. The molecule has 6 rings (SSSR count). The van der Waals surface area contributed by atoms with Crippen molar-refractivity contribution in [3.05, 3.63) is 100 Å². The Bertz CT molecular complexity index is 1400. The van der Waals surface area contributed by atoms with Crippen molar-refractivity contribution < 1.29 is 0 Å². The third kappa shape index (κ3) is 4.58. The van der Waals surface area contributed by atoms with Gasteiger partial charge in [0.2, 0.25) is 0 Å². The van der Waals surface area contributed by atoms with E-state index in [1.165, 1.54) is 32.7 Å². The Labute approximate surface area is 235 Å². The second-order valence-electron chi connectivity index (χ2n) is 12.6. The normalized spacial score (nSPS) is 18.9. The lowest BCUT2D eigenvalue weighted by atomic mass is 9.72. The zero-order chi connectivity index (χ0) is 26.7. The molecule has 4 heterocycles. The average molecular weight is 538 g/mol. The first kappa shape index (κ1) is 25.6. The van der Waals surface area contributed by atoms with Crippen molar-refractivity contribution >= 4 is 23.5 Å². The molecular formula is C33H35N3S2. The highest BCUT2D eigenvalue weighted by Gasteiger charge is 2.36. The largest absolute Gasteiger partial charge is 0.238 e. The molecule has 0 amide bonds. The monoisotopic (exact) mass is 537 g/mol. The topological polar surface area (TPSA) is 38.7 Å². The number of nitrogens with zero attached hydrogens (tertiary/aromatic N) is 3. The minimum absolute atomic E-state index is 0.0521. The summed E-state index contributed by atoms with van der Waals surface area (Å²) < 4.78 is 0. The van der Waals surface area contributed by atoms with Crippen molar-refractivity contribution in [2.45, 2.75) is 74.8 Å². The van der Waals surface area contributed by atoms with Crippen molar-refractivity contribution in [1.82, 2.24) is 15.0 Å². The summed E-state index contributed by atoms with van der Waals surface area (Å²) >= 11 is 3.72. The quantitative estimate of drug-likeness (QED) is 0.242. The SMILES string of the molecule is CC(C)(C)C1c2ccccc2SCc2nc(-c3ccc4c(n3)SCc3ccccc3C4C(C)(C)C)ncc21. The van der Waals surface area contributed by atoms with Gasteiger partial charge in [-0.05, 0) is 45.2 Å². The van der Waals surface area contributed by atoms with E-state index >= 15 is 0 Å². The molecule has 0 radical (unpaired) electrons. The van der Waals surface area contributed by atoms with Gasteiger partial charge in [0.05, 0.1) is 5.69 Å². The summed E-state index contributed by atoms with van der Waals surface area (Å²) in [6, 6.07) is 22.1. The van der Waals surface area contributed by atoms with Gasteiger partial charge in [0, 0.05) is 40.0 Å². The van der Waals surface area contributed by atoms with Crippen LogP contribution in [0.3, 0.4) is 0 Å². The fourth-order valence-corrected chi connectivity index (χ4v) is 8.23. The smallest absolute Gasteiger partial charge is 0.178 e. The Kier molecular flexibility index (Phi) is 6.43. The summed E-state index contributed by atoms with van der Waals surface area (Å²) in [6.45, 7) is 13.9. The number of rotatable bonds is 1. The van der Waals surface area contributed by atoms with E-state index in [0.717, 1.165) is 33.7 Å². The van der Waals surface area contributed by atoms with Crippen molar-refractivity contribution in [2.75, 3.05) is 0 Å². The molecule has 5 heteroatoms. The van der Waals surface area contributed by atoms with Crippen LogP contribution in [0.5, 0.6) is 0 Å². The van der Waals surface area contributed by atoms with E-state index in [0.29, 0.717) is 5.92 Å². The van der Waals surface area contributed by atoms with Gasteiger partial charge >= 0.3 is 0 Å². The molecule has 4 aromatic rings. The van der Waals surface area contributed by atoms with Crippen LogP contribution >= 0.6 is 23.5 Å². The molecule has 0 N–H and O–H groups in total. The van der Waals surface area contributed by atoms with E-state index in [9.17, 15) is 0 Å². The lowest BCUT2D eigenvalue weighted by Gasteiger charge is -2.32. The first-order chi connectivity index (χ1) is 18.1. The second-order valence-corrected chi connectivity index (χ2v) is 14.6. The average Bonchev–Trinajstić information content (AvgIpc) is 3.15. The van der Waals surface area contributed by atoms with Gasteiger partial charge < -0.3 is 0 Å². The van der Waals surface area contributed by atoms with Crippen LogP contribution in [0.15, 0.2) is 76.8 Å². The van der Waals surface area contributed by atoms with Crippen LogP contribution in [0, 0.1) is 10.8 Å². The predicted octanol–water partition coefficient (Wildman–Crippen LogP) is 9.11. The molecule has 2 aromatic heterocycles. The number of fused-ring (bicyclic) bond motifs is 4. The van der Waals surface area contributed by atoms with E-state index in [-0.39, 0.29) is 16.7 Å². The minimum atomic E-state index is 0.0521. The highest BCUT2D eigenvalue weighted by atomic mass is 32.2. The molecule has 0 bridgehead atoms. The van der Waals surface area contributed by atoms with Crippen LogP contribution < -0.4 is 0 Å². The number of hydrogen-bond acceptors (Lipinski definition) is 5. The maximum atomic E-state index is 5.20. The van der Waals surface area contributed by atoms with Gasteiger partial charge in [-0.2, -0.15) is 0 Å². The first-order valence-electron chi connectivity index (χ1n) is 13.4. The van der Waals surface area contributed by atoms with Crippen LogP contribution in [-0.2, 0) is 11.5 Å². The molecule has 0 spiro atoms. The maximum absolute atomic E-state index is 5.20. The van der Waals surface area contributed by atoms with Gasteiger partial charge in [0.15, 0.2) is 5.82 Å². The molecule has 0 saturated carbocycles. The molecule has 38 heavy (non-hydrogen) atoms. The van der Waals surface area contributed by atoms with E-state index in [1.807, 2.05) is 23.5 Å². The molecule has 0 fully saturated rings. The third-order valence-electron chi connectivity index (χ3n) is 7.70. The molecule has 2 aromatic carbocycles. The summed E-state index contributed by atoms with van der Waals surface area (Å²) in [4.78, 5) is 16.6. The fourth-order valence-electron chi connectivity index (χ4n) is 6.11. The lowest BCUT2D eigenvalue weighted by Crippen LogP contribution is -2.21. The highest BCUT2D eigenvalue weighted by molar-refractivity contribution is 7.98. The molecule has 2 atom stereocenters. The maximum Gasteiger partial charge on any atom is 0.178 e. The molecular weight excluding hydrogens is 503 g/mol. The molecule has 3 nitrogen and oxygen atoms in total. The van der Waals surface area contributed by atoms with Gasteiger partial charge in [-0.3, -0.25) is 0 Å². The van der Waals surface area contributed by atoms with Gasteiger partial charge in [-0.25, -0.2) is 15.0 Å². The molecule has 0 saturated heterocycles. The zero-order valence-corrected chi connectivity index (χ0v) is 24.7. The first-order valence-corrected chi connectivity index (χ1v) is 15.4. The molecule has 0 aliphatic carbocycles. The van der Waals surface area contributed by atoms with Gasteiger partial charge in [-0.1, -0.05) is 90.1 Å². The Morgan fingerprint density at radius 1 is 0.658 bits per heavy atom. The lowest BCUT2D eigenvalue weighted by molar-refractivity contribution is 0.353. The number of aromatic nitrogens is 3. The summed E-state index contributed by atoms with van der Waals surface area (Å²) in [5.74, 6) is 3.04. The van der Waals surface area contributed by atoms with Crippen LogP contribution in [0.25, 0.3) is 11.5 Å². The Hall–Kier alpha value is -2.63. The number of thioether (sulfide) groups is 2. The Morgan fingerprint density at radius 2 is 1.34 bits per heavy atom. The standard InChI is InChI=1S/C33H35N3S2/c1-32(2,3)28-21-12-8-7-11-20(21)18-38-31-23(28)15-16-25(36-31)30-34-17-24-26(35-30)19-37-27-14-10-9-13-22(27)29(24)33(4,5)6/h7-17,28-29H,18-19H2,1-6H3. The minimum Gasteiger partial charge on any atom is -0.238 e. The van der Waals surface area contributed by atoms with Crippen molar-refractivity contribution in [2.24, 2.45) is 10.8 Å². The molecule has 2 aliphatic heterocycles. The highest BCUT2D eigenvalue weighted by Crippen LogP contribution is 2.50. The summed E-state index contributed by atoms with van der Waals surface area (Å²) in [6.07, 6.45) is 2.07. The van der Waals surface area contributed by atoms with Crippen LogP contribution in [0.2, 0.25) is 0 Å². The second kappa shape index (κ2) is 9.53. The van der Waals surface area contributed by atoms with Crippen LogP contribution in [-0.4, -0.2) is 15.0 Å². The van der Waals surface area contributed by atoms with Crippen molar-refractivity contribution in [3.8, 4) is 11.5 Å². The summed E-state index contributed by atoms with van der Waals surface area (Å²) in [7, 11) is 0. The third-order valence-corrected chi connectivity index (χ3v) is 9.85.